The topological polar surface area (TPSA) is 75.7 Å². The molecule has 0 saturated heterocycles. The van der Waals surface area contributed by atoms with Gasteiger partial charge in [0.15, 0.2) is 0 Å². The molecule has 0 bridgehead atoms. The Kier molecular flexibility index (Phi) is 5.60. The van der Waals surface area contributed by atoms with Gasteiger partial charge in [0.1, 0.15) is 11.6 Å². The Morgan fingerprint density at radius 1 is 1.57 bits per heavy atom. The van der Waals surface area contributed by atoms with E-state index < -0.39 is 0 Å². The van der Waals surface area contributed by atoms with Crippen molar-refractivity contribution >= 4 is 11.6 Å². The third-order valence-electron chi connectivity index (χ3n) is 2.13. The van der Waals surface area contributed by atoms with Gasteiger partial charge in [-0.1, -0.05) is 17.3 Å². The van der Waals surface area contributed by atoms with Crippen molar-refractivity contribution < 1.29 is 10.0 Å². The lowest BCUT2D eigenvalue weighted by molar-refractivity contribution is -0.117. The average Bonchev–Trinajstić information content (AvgIpc) is 2.10. The number of nitrogens with two attached hydrogens (primary N) is 1. The average molecular weight is 198 g/mol. The molecule has 0 fully saturated rings. The van der Waals surface area contributed by atoms with E-state index in [9.17, 15) is 4.79 Å². The lowest BCUT2D eigenvalue weighted by Crippen LogP contribution is -2.18. The number of hydrogen-bond acceptors (Lipinski definition) is 3. The maximum atomic E-state index is 10.8. The molecule has 0 amide bonds. The summed E-state index contributed by atoms with van der Waals surface area (Å²) in [4.78, 5) is 10.8. The predicted molar refractivity (Wildman–Crippen MR) is 56.2 cm³/mol. The fraction of sp³-hybridized carbons (Fsp3) is 0.600. The van der Waals surface area contributed by atoms with Crippen LogP contribution < -0.4 is 5.73 Å². The minimum Gasteiger partial charge on any atom is -0.409 e. The van der Waals surface area contributed by atoms with Crippen LogP contribution in [0.5, 0.6) is 0 Å². The number of carbonyl (C=O) groups is 1. The van der Waals surface area contributed by atoms with Crippen LogP contribution in [-0.2, 0) is 4.79 Å². The van der Waals surface area contributed by atoms with Crippen LogP contribution in [0.15, 0.2) is 17.3 Å². The van der Waals surface area contributed by atoms with E-state index in [-0.39, 0.29) is 17.5 Å². The minimum atomic E-state index is 0.120. The van der Waals surface area contributed by atoms with Gasteiger partial charge >= 0.3 is 0 Å². The highest BCUT2D eigenvalue weighted by Crippen LogP contribution is 2.19. The monoisotopic (exact) mass is 198 g/mol. The van der Waals surface area contributed by atoms with Crippen LogP contribution in [-0.4, -0.2) is 16.8 Å². The van der Waals surface area contributed by atoms with E-state index in [4.69, 9.17) is 10.9 Å². The highest BCUT2D eigenvalue weighted by Gasteiger charge is 2.12. The van der Waals surface area contributed by atoms with Crippen molar-refractivity contribution in [2.75, 3.05) is 0 Å². The van der Waals surface area contributed by atoms with Gasteiger partial charge in [-0.25, -0.2) is 0 Å². The summed E-state index contributed by atoms with van der Waals surface area (Å²) in [5.74, 6) is 0.451. The smallest absolute Gasteiger partial charge is 0.139 e. The maximum absolute atomic E-state index is 10.8. The normalized spacial score (nSPS) is 13.7. The molecule has 3 N–H and O–H groups in total. The summed E-state index contributed by atoms with van der Waals surface area (Å²) >= 11 is 0. The summed E-state index contributed by atoms with van der Waals surface area (Å²) in [6.45, 7) is 7.26. The Balaban J connectivity index is 4.16. The van der Waals surface area contributed by atoms with Gasteiger partial charge in [-0.15, -0.1) is 0 Å². The first-order valence-electron chi connectivity index (χ1n) is 4.58. The van der Waals surface area contributed by atoms with Crippen LogP contribution in [0, 0.1) is 5.92 Å². The number of hydrogen-bond donors (Lipinski definition) is 2. The van der Waals surface area contributed by atoms with Crippen LogP contribution in [0.2, 0.25) is 0 Å². The van der Waals surface area contributed by atoms with Crippen molar-refractivity contribution in [1.29, 1.82) is 0 Å². The second-order valence-corrected chi connectivity index (χ2v) is 3.58. The molecule has 0 aromatic rings. The summed E-state index contributed by atoms with van der Waals surface area (Å²) in [6.07, 6.45) is 1.68. The third kappa shape index (κ3) is 5.35. The van der Waals surface area contributed by atoms with Gasteiger partial charge in [0.25, 0.3) is 0 Å². The molecule has 0 heterocycles. The number of rotatable bonds is 6. The number of ketones is 1. The summed E-state index contributed by atoms with van der Waals surface area (Å²) in [7, 11) is 0. The molecule has 14 heavy (non-hydrogen) atoms. The summed E-state index contributed by atoms with van der Waals surface area (Å²) in [6, 6.07) is 0. The Bertz CT molecular complexity index is 247. The van der Waals surface area contributed by atoms with Crippen molar-refractivity contribution in [1.82, 2.24) is 0 Å². The van der Waals surface area contributed by atoms with E-state index in [0.717, 1.165) is 5.57 Å². The molecule has 0 aliphatic heterocycles. The van der Waals surface area contributed by atoms with Gasteiger partial charge < -0.3 is 15.7 Å². The molecule has 1 unspecified atom stereocenters. The number of allylic oxidation sites excluding steroid dienone is 1. The predicted octanol–water partition coefficient (Wildman–Crippen LogP) is 1.68. The zero-order chi connectivity index (χ0) is 11.1. The van der Waals surface area contributed by atoms with E-state index in [1.165, 1.54) is 0 Å². The Labute approximate surface area is 84.5 Å². The fourth-order valence-corrected chi connectivity index (χ4v) is 1.19. The standard InChI is InChI=1S/C10H18N2O2/c1-7(2)9(5-4-8(3)13)6-10(11)12-14/h9,14H,1,4-6H2,2-3H3,(H2,11,12). The molecule has 4 nitrogen and oxygen atoms in total. The highest BCUT2D eigenvalue weighted by atomic mass is 16.4. The second kappa shape index (κ2) is 6.18. The molecule has 4 heteroatoms. The van der Waals surface area contributed by atoms with E-state index in [0.29, 0.717) is 19.3 Å². The lowest BCUT2D eigenvalue weighted by Gasteiger charge is -2.14. The summed E-state index contributed by atoms with van der Waals surface area (Å²) in [5.41, 5.74) is 6.35. The Morgan fingerprint density at radius 3 is 2.50 bits per heavy atom. The molecule has 80 valence electrons. The van der Waals surface area contributed by atoms with E-state index in [2.05, 4.69) is 11.7 Å². The molecule has 0 aromatic carbocycles. The van der Waals surface area contributed by atoms with E-state index >= 15 is 0 Å². The Hall–Kier alpha value is -1.32. The Morgan fingerprint density at radius 2 is 2.14 bits per heavy atom. The molecular weight excluding hydrogens is 180 g/mol. The SMILES string of the molecule is C=C(C)C(CCC(C)=O)C/C(N)=N/O. The quantitative estimate of drug-likeness (QED) is 0.224. The number of Topliss-reactive ketones (excluding diaryl/α,β-unsaturated/α-hetero) is 1. The number of nitrogens with zero attached hydrogens (tertiary/aromatic N) is 1. The zero-order valence-electron chi connectivity index (χ0n) is 8.79. The summed E-state index contributed by atoms with van der Waals surface area (Å²) in [5, 5.41) is 11.3. The van der Waals surface area contributed by atoms with Crippen molar-refractivity contribution in [2.45, 2.75) is 33.1 Å². The summed E-state index contributed by atoms with van der Waals surface area (Å²) < 4.78 is 0. The van der Waals surface area contributed by atoms with Gasteiger partial charge in [-0.2, -0.15) is 0 Å². The molecule has 0 spiro atoms. The number of amidine groups is 1. The van der Waals surface area contributed by atoms with Gasteiger partial charge in [0.05, 0.1) is 0 Å². The van der Waals surface area contributed by atoms with Crippen LogP contribution in [0.1, 0.15) is 33.1 Å². The molecule has 0 rings (SSSR count). The zero-order valence-corrected chi connectivity index (χ0v) is 8.79. The molecule has 1 atom stereocenters. The van der Waals surface area contributed by atoms with Crippen LogP contribution in [0.25, 0.3) is 0 Å². The second-order valence-electron chi connectivity index (χ2n) is 3.58. The third-order valence-corrected chi connectivity index (χ3v) is 2.13. The van der Waals surface area contributed by atoms with Crippen molar-refractivity contribution in [2.24, 2.45) is 16.8 Å². The largest absolute Gasteiger partial charge is 0.409 e. The van der Waals surface area contributed by atoms with Gasteiger partial charge in [0, 0.05) is 12.8 Å². The number of oxime groups is 1. The van der Waals surface area contributed by atoms with Gasteiger partial charge in [-0.05, 0) is 26.2 Å². The first-order valence-corrected chi connectivity index (χ1v) is 4.58. The van der Waals surface area contributed by atoms with E-state index in [1.54, 1.807) is 6.92 Å². The van der Waals surface area contributed by atoms with Gasteiger partial charge in [0.2, 0.25) is 0 Å². The highest BCUT2D eigenvalue weighted by molar-refractivity contribution is 5.80. The van der Waals surface area contributed by atoms with Crippen molar-refractivity contribution in [3.8, 4) is 0 Å². The molecular formula is C10H18N2O2. The van der Waals surface area contributed by atoms with Crippen molar-refractivity contribution in [3.05, 3.63) is 12.2 Å². The first kappa shape index (κ1) is 12.7. The molecule has 0 aromatic heterocycles. The first-order chi connectivity index (χ1) is 6.47. The molecule has 0 radical (unpaired) electrons. The van der Waals surface area contributed by atoms with Crippen molar-refractivity contribution in [3.63, 3.8) is 0 Å². The molecule has 0 aliphatic carbocycles. The van der Waals surface area contributed by atoms with Crippen LogP contribution >= 0.6 is 0 Å². The lowest BCUT2D eigenvalue weighted by atomic mass is 9.92. The van der Waals surface area contributed by atoms with Gasteiger partial charge in [-0.3, -0.25) is 0 Å². The molecule has 0 saturated carbocycles. The fourth-order valence-electron chi connectivity index (χ4n) is 1.19. The van der Waals surface area contributed by atoms with Crippen LogP contribution in [0.3, 0.4) is 0 Å². The maximum Gasteiger partial charge on any atom is 0.139 e. The van der Waals surface area contributed by atoms with E-state index in [1.807, 2.05) is 6.92 Å². The number of carbonyl (C=O) groups excluding carboxylic acids is 1. The molecule has 0 aliphatic rings. The minimum absolute atomic E-state index is 0.120. The van der Waals surface area contributed by atoms with Crippen LogP contribution in [0.4, 0.5) is 0 Å².